The van der Waals surface area contributed by atoms with Gasteiger partial charge in [-0.15, -0.1) is 0 Å². The quantitative estimate of drug-likeness (QED) is 0.715. The molecule has 0 atom stereocenters. The van der Waals surface area contributed by atoms with Crippen LogP contribution in [0.4, 0.5) is 11.4 Å². The topological polar surface area (TPSA) is 63.2 Å². The fraction of sp³-hybridized carbons (Fsp3) is 0.455. The fourth-order valence-corrected chi connectivity index (χ4v) is 1.22. The van der Waals surface area contributed by atoms with Gasteiger partial charge in [0.2, 0.25) is 0 Å². The maximum atomic E-state index is 11.1. The van der Waals surface area contributed by atoms with Crippen molar-refractivity contribution in [1.82, 2.24) is 4.98 Å². The summed E-state index contributed by atoms with van der Waals surface area (Å²) in [7, 11) is 1.83. The number of pyridine rings is 1. The number of rotatable bonds is 6. The number of anilines is 2. The summed E-state index contributed by atoms with van der Waals surface area (Å²) in [5, 5.41) is 6.10. The molecule has 0 aromatic carbocycles. The number of hydrogen-bond donors (Lipinski definition) is 2. The Balaban J connectivity index is 2.34. The van der Waals surface area contributed by atoms with E-state index in [2.05, 4.69) is 15.6 Å². The van der Waals surface area contributed by atoms with Gasteiger partial charge >= 0.3 is 5.97 Å². The number of nitrogens with zero attached hydrogens (tertiary/aromatic N) is 1. The van der Waals surface area contributed by atoms with Gasteiger partial charge in [-0.2, -0.15) is 0 Å². The first-order valence-electron chi connectivity index (χ1n) is 5.28. The molecule has 5 heteroatoms. The SMILES string of the molecule is CCOC(=O)CCNc1cncc(NC)c1. The Bertz CT molecular complexity index is 342. The first kappa shape index (κ1) is 12.3. The van der Waals surface area contributed by atoms with E-state index in [9.17, 15) is 4.79 Å². The van der Waals surface area contributed by atoms with Crippen LogP contribution in [0.5, 0.6) is 0 Å². The second kappa shape index (κ2) is 6.66. The number of nitrogens with one attached hydrogen (secondary N) is 2. The average Bonchev–Trinajstić information content (AvgIpc) is 2.30. The van der Waals surface area contributed by atoms with Gasteiger partial charge in [0.25, 0.3) is 0 Å². The van der Waals surface area contributed by atoms with Gasteiger partial charge in [0.15, 0.2) is 0 Å². The lowest BCUT2D eigenvalue weighted by molar-refractivity contribution is -0.142. The van der Waals surface area contributed by atoms with E-state index < -0.39 is 0 Å². The molecular weight excluding hydrogens is 206 g/mol. The van der Waals surface area contributed by atoms with Crippen LogP contribution < -0.4 is 10.6 Å². The van der Waals surface area contributed by atoms with Crippen LogP contribution in [0.25, 0.3) is 0 Å². The second-order valence-corrected chi connectivity index (χ2v) is 3.19. The lowest BCUT2D eigenvalue weighted by Crippen LogP contribution is -2.11. The molecule has 0 fully saturated rings. The Hall–Kier alpha value is -1.78. The van der Waals surface area contributed by atoms with Crippen LogP contribution in [-0.2, 0) is 9.53 Å². The summed E-state index contributed by atoms with van der Waals surface area (Å²) in [4.78, 5) is 15.1. The number of hydrogen-bond acceptors (Lipinski definition) is 5. The molecule has 0 aliphatic heterocycles. The van der Waals surface area contributed by atoms with Crippen molar-refractivity contribution in [1.29, 1.82) is 0 Å². The Labute approximate surface area is 95.2 Å². The highest BCUT2D eigenvalue weighted by atomic mass is 16.5. The molecule has 1 rings (SSSR count). The van der Waals surface area contributed by atoms with Crippen LogP contribution in [0.3, 0.4) is 0 Å². The molecule has 16 heavy (non-hydrogen) atoms. The van der Waals surface area contributed by atoms with Crippen LogP contribution in [-0.4, -0.2) is 31.2 Å². The van der Waals surface area contributed by atoms with Crippen LogP contribution >= 0.6 is 0 Å². The van der Waals surface area contributed by atoms with Crippen LogP contribution in [0, 0.1) is 0 Å². The minimum absolute atomic E-state index is 0.187. The molecule has 88 valence electrons. The van der Waals surface area contributed by atoms with E-state index in [0.717, 1.165) is 11.4 Å². The van der Waals surface area contributed by atoms with Crippen molar-refractivity contribution >= 4 is 17.3 Å². The van der Waals surface area contributed by atoms with E-state index in [4.69, 9.17) is 4.74 Å². The van der Waals surface area contributed by atoms with Crippen molar-refractivity contribution < 1.29 is 9.53 Å². The molecule has 0 saturated carbocycles. The van der Waals surface area contributed by atoms with E-state index in [0.29, 0.717) is 19.6 Å². The van der Waals surface area contributed by atoms with E-state index >= 15 is 0 Å². The third kappa shape index (κ3) is 4.16. The lowest BCUT2D eigenvalue weighted by atomic mass is 10.3. The van der Waals surface area contributed by atoms with Crippen molar-refractivity contribution in [2.24, 2.45) is 0 Å². The zero-order valence-electron chi connectivity index (χ0n) is 9.62. The Morgan fingerprint density at radius 3 is 2.88 bits per heavy atom. The van der Waals surface area contributed by atoms with Gasteiger partial charge in [-0.25, -0.2) is 0 Å². The molecular formula is C11H17N3O2. The molecule has 1 aromatic rings. The Morgan fingerprint density at radius 1 is 1.44 bits per heavy atom. The standard InChI is InChI=1S/C11H17N3O2/c1-3-16-11(15)4-5-14-10-6-9(12-2)7-13-8-10/h6-8,12,14H,3-5H2,1-2H3. The lowest BCUT2D eigenvalue weighted by Gasteiger charge is -2.07. The van der Waals surface area contributed by atoms with E-state index in [1.54, 1.807) is 19.3 Å². The molecule has 0 unspecified atom stereocenters. The van der Waals surface area contributed by atoms with Crippen LogP contribution in [0.15, 0.2) is 18.5 Å². The van der Waals surface area contributed by atoms with Crippen LogP contribution in [0.1, 0.15) is 13.3 Å². The highest BCUT2D eigenvalue weighted by Gasteiger charge is 2.01. The average molecular weight is 223 g/mol. The number of aromatic nitrogens is 1. The molecule has 1 aromatic heterocycles. The third-order valence-electron chi connectivity index (χ3n) is 1.99. The molecule has 0 bridgehead atoms. The maximum Gasteiger partial charge on any atom is 0.307 e. The maximum absolute atomic E-state index is 11.1. The van der Waals surface area contributed by atoms with Gasteiger partial charge in [0.1, 0.15) is 0 Å². The molecule has 0 aliphatic rings. The summed E-state index contributed by atoms with van der Waals surface area (Å²) in [6, 6.07) is 1.93. The summed E-state index contributed by atoms with van der Waals surface area (Å²) in [6.07, 6.45) is 3.81. The zero-order chi connectivity index (χ0) is 11.8. The summed E-state index contributed by atoms with van der Waals surface area (Å²) in [5.74, 6) is -0.187. The Kier molecular flexibility index (Phi) is 5.11. The number of carbonyl (C=O) groups is 1. The van der Waals surface area contributed by atoms with Crippen molar-refractivity contribution in [3.8, 4) is 0 Å². The van der Waals surface area contributed by atoms with Crippen molar-refractivity contribution in [2.45, 2.75) is 13.3 Å². The van der Waals surface area contributed by atoms with Gasteiger partial charge in [-0.05, 0) is 13.0 Å². The first-order chi connectivity index (χ1) is 7.76. The van der Waals surface area contributed by atoms with Crippen molar-refractivity contribution in [2.75, 3.05) is 30.8 Å². The largest absolute Gasteiger partial charge is 0.466 e. The van der Waals surface area contributed by atoms with E-state index in [1.807, 2.05) is 13.1 Å². The normalized spacial score (nSPS) is 9.62. The van der Waals surface area contributed by atoms with Crippen molar-refractivity contribution in [3.05, 3.63) is 18.5 Å². The molecule has 0 spiro atoms. The summed E-state index contributed by atoms with van der Waals surface area (Å²) in [6.45, 7) is 2.77. The second-order valence-electron chi connectivity index (χ2n) is 3.19. The van der Waals surface area contributed by atoms with Gasteiger partial charge in [-0.1, -0.05) is 0 Å². The van der Waals surface area contributed by atoms with Gasteiger partial charge < -0.3 is 15.4 Å². The highest BCUT2D eigenvalue weighted by Crippen LogP contribution is 2.11. The fourth-order valence-electron chi connectivity index (χ4n) is 1.22. The number of ether oxygens (including phenoxy) is 1. The molecule has 5 nitrogen and oxygen atoms in total. The summed E-state index contributed by atoms with van der Waals surface area (Å²) < 4.78 is 4.82. The number of carbonyl (C=O) groups excluding carboxylic acids is 1. The predicted molar refractivity (Wildman–Crippen MR) is 63.5 cm³/mol. The van der Waals surface area contributed by atoms with Gasteiger partial charge in [0, 0.05) is 13.6 Å². The third-order valence-corrected chi connectivity index (χ3v) is 1.99. The van der Waals surface area contributed by atoms with Gasteiger partial charge in [0.05, 0.1) is 36.8 Å². The minimum atomic E-state index is -0.187. The molecule has 0 radical (unpaired) electrons. The molecule has 2 N–H and O–H groups in total. The summed E-state index contributed by atoms with van der Waals surface area (Å²) in [5.41, 5.74) is 1.82. The van der Waals surface area contributed by atoms with E-state index in [-0.39, 0.29) is 5.97 Å². The molecule has 0 saturated heterocycles. The summed E-state index contributed by atoms with van der Waals surface area (Å²) >= 11 is 0. The Morgan fingerprint density at radius 2 is 2.19 bits per heavy atom. The minimum Gasteiger partial charge on any atom is -0.466 e. The molecule has 0 aliphatic carbocycles. The van der Waals surface area contributed by atoms with Gasteiger partial charge in [-0.3, -0.25) is 9.78 Å². The molecule has 0 amide bonds. The monoisotopic (exact) mass is 223 g/mol. The molecule has 1 heterocycles. The van der Waals surface area contributed by atoms with Crippen LogP contribution in [0.2, 0.25) is 0 Å². The predicted octanol–water partition coefficient (Wildman–Crippen LogP) is 1.49. The highest BCUT2D eigenvalue weighted by molar-refractivity contribution is 5.70. The smallest absolute Gasteiger partial charge is 0.307 e. The zero-order valence-corrected chi connectivity index (χ0v) is 9.62. The van der Waals surface area contributed by atoms with Crippen molar-refractivity contribution in [3.63, 3.8) is 0 Å². The first-order valence-corrected chi connectivity index (χ1v) is 5.28. The number of esters is 1. The van der Waals surface area contributed by atoms with E-state index in [1.165, 1.54) is 0 Å².